The maximum absolute atomic E-state index is 12.8. The van der Waals surface area contributed by atoms with Crippen molar-refractivity contribution in [1.29, 1.82) is 0 Å². The van der Waals surface area contributed by atoms with Crippen molar-refractivity contribution in [3.8, 4) is 0 Å². The number of halogens is 1. The van der Waals surface area contributed by atoms with Crippen molar-refractivity contribution in [3.63, 3.8) is 0 Å². The van der Waals surface area contributed by atoms with Gasteiger partial charge in [0.05, 0.1) is 5.83 Å². The Balaban J connectivity index is 3.71. The third-order valence-corrected chi connectivity index (χ3v) is 1.12. The zero-order valence-corrected chi connectivity index (χ0v) is 7.32. The predicted octanol–water partition coefficient (Wildman–Crippen LogP) is 3.54. The summed E-state index contributed by atoms with van der Waals surface area (Å²) in [5.41, 5.74) is 0. The molecule has 0 spiro atoms. The molecule has 0 saturated carbocycles. The molecule has 0 saturated heterocycles. The van der Waals surface area contributed by atoms with Crippen LogP contribution in [-0.4, -0.2) is 0 Å². The summed E-state index contributed by atoms with van der Waals surface area (Å²) in [5.74, 6) is 0.791. The van der Waals surface area contributed by atoms with E-state index in [2.05, 4.69) is 0 Å². The van der Waals surface area contributed by atoms with Crippen molar-refractivity contribution in [2.75, 3.05) is 0 Å². The molecule has 0 nitrogen and oxygen atoms in total. The highest BCUT2D eigenvalue weighted by Crippen LogP contribution is 2.13. The van der Waals surface area contributed by atoms with E-state index in [1.165, 1.54) is 0 Å². The molecule has 1 heteroatoms. The first-order chi connectivity index (χ1) is 4.52. The van der Waals surface area contributed by atoms with Gasteiger partial charge in [-0.1, -0.05) is 33.8 Å². The average molecular weight is 144 g/mol. The highest BCUT2D eigenvalue weighted by Gasteiger charge is 1.99. The molecular formula is C9H17F. The SMILES string of the molecule is CC(C)/C=C(\F)CC(C)C. The van der Waals surface area contributed by atoms with E-state index >= 15 is 0 Å². The molecule has 0 radical (unpaired) electrons. The van der Waals surface area contributed by atoms with Crippen molar-refractivity contribution in [2.45, 2.75) is 34.1 Å². The van der Waals surface area contributed by atoms with Crippen LogP contribution < -0.4 is 0 Å². The summed E-state index contributed by atoms with van der Waals surface area (Å²) >= 11 is 0. The monoisotopic (exact) mass is 144 g/mol. The van der Waals surface area contributed by atoms with Crippen LogP contribution in [0.3, 0.4) is 0 Å². The van der Waals surface area contributed by atoms with Crippen LogP contribution in [0.25, 0.3) is 0 Å². The summed E-state index contributed by atoms with van der Waals surface area (Å²) in [7, 11) is 0. The Morgan fingerprint density at radius 2 is 1.80 bits per heavy atom. The molecule has 0 unspecified atom stereocenters. The fourth-order valence-electron chi connectivity index (χ4n) is 0.820. The molecule has 0 amide bonds. The first kappa shape index (κ1) is 9.67. The highest BCUT2D eigenvalue weighted by atomic mass is 19.1. The van der Waals surface area contributed by atoms with E-state index in [1.807, 2.05) is 27.7 Å². The molecular weight excluding hydrogens is 127 g/mol. The summed E-state index contributed by atoms with van der Waals surface area (Å²) < 4.78 is 12.8. The molecule has 0 aromatic carbocycles. The molecule has 0 N–H and O–H groups in total. The normalized spacial score (nSPS) is 13.3. The van der Waals surface area contributed by atoms with Gasteiger partial charge in [0.1, 0.15) is 0 Å². The van der Waals surface area contributed by atoms with Crippen molar-refractivity contribution in [3.05, 3.63) is 11.9 Å². The molecule has 0 aliphatic rings. The van der Waals surface area contributed by atoms with E-state index in [0.717, 1.165) is 0 Å². The third kappa shape index (κ3) is 5.80. The molecule has 0 aliphatic carbocycles. The van der Waals surface area contributed by atoms with Crippen molar-refractivity contribution >= 4 is 0 Å². The molecule has 0 atom stereocenters. The molecule has 0 aromatic heterocycles. The lowest BCUT2D eigenvalue weighted by Crippen LogP contribution is -1.89. The van der Waals surface area contributed by atoms with Crippen LogP contribution in [0, 0.1) is 11.8 Å². The van der Waals surface area contributed by atoms with Gasteiger partial charge >= 0.3 is 0 Å². The smallest absolute Gasteiger partial charge is 0.0964 e. The van der Waals surface area contributed by atoms with Gasteiger partial charge in [0.25, 0.3) is 0 Å². The van der Waals surface area contributed by atoms with E-state index in [-0.39, 0.29) is 5.83 Å². The van der Waals surface area contributed by atoms with Crippen LogP contribution in [0.15, 0.2) is 11.9 Å². The van der Waals surface area contributed by atoms with Crippen LogP contribution in [0.2, 0.25) is 0 Å². The largest absolute Gasteiger partial charge is 0.212 e. The van der Waals surface area contributed by atoms with E-state index in [9.17, 15) is 4.39 Å². The van der Waals surface area contributed by atoms with E-state index < -0.39 is 0 Å². The second-order valence-electron chi connectivity index (χ2n) is 3.46. The van der Waals surface area contributed by atoms with Gasteiger partial charge in [-0.25, -0.2) is 4.39 Å². The lowest BCUT2D eigenvalue weighted by atomic mass is 10.1. The Hall–Kier alpha value is -0.330. The average Bonchev–Trinajstić information content (AvgIpc) is 1.58. The van der Waals surface area contributed by atoms with Gasteiger partial charge in [-0.05, 0) is 11.8 Å². The first-order valence-electron chi connectivity index (χ1n) is 3.88. The summed E-state index contributed by atoms with van der Waals surface area (Å²) in [5, 5.41) is 0. The Labute approximate surface area is 63.1 Å². The molecule has 0 aromatic rings. The lowest BCUT2D eigenvalue weighted by molar-refractivity contribution is 0.507. The van der Waals surface area contributed by atoms with Gasteiger partial charge in [-0.2, -0.15) is 0 Å². The van der Waals surface area contributed by atoms with Crippen molar-refractivity contribution < 1.29 is 4.39 Å². The second-order valence-corrected chi connectivity index (χ2v) is 3.46. The van der Waals surface area contributed by atoms with Gasteiger partial charge in [0.15, 0.2) is 0 Å². The molecule has 0 bridgehead atoms. The summed E-state index contributed by atoms with van der Waals surface area (Å²) in [6.45, 7) is 8.02. The third-order valence-electron chi connectivity index (χ3n) is 1.12. The van der Waals surface area contributed by atoms with Gasteiger partial charge in [0, 0.05) is 6.42 Å². The van der Waals surface area contributed by atoms with Crippen molar-refractivity contribution in [2.24, 2.45) is 11.8 Å². The minimum atomic E-state index is 0.0324. The fraction of sp³-hybridized carbons (Fsp3) is 0.778. The summed E-state index contributed by atoms with van der Waals surface area (Å²) in [6.07, 6.45) is 2.26. The first-order valence-corrected chi connectivity index (χ1v) is 3.88. The lowest BCUT2D eigenvalue weighted by Gasteiger charge is -2.02. The van der Waals surface area contributed by atoms with Gasteiger partial charge in [-0.3, -0.25) is 0 Å². The summed E-state index contributed by atoms with van der Waals surface area (Å²) in [6, 6.07) is 0. The maximum atomic E-state index is 12.8. The standard InChI is InChI=1S/C9H17F/c1-7(2)5-9(10)6-8(3)4/h5,7-8H,6H2,1-4H3/b9-5-. The number of hydrogen-bond acceptors (Lipinski definition) is 0. The van der Waals surface area contributed by atoms with Gasteiger partial charge < -0.3 is 0 Å². The molecule has 0 fully saturated rings. The quantitative estimate of drug-likeness (QED) is 0.568. The minimum Gasteiger partial charge on any atom is -0.212 e. The zero-order valence-electron chi connectivity index (χ0n) is 7.32. The molecule has 10 heavy (non-hydrogen) atoms. The molecule has 0 heterocycles. The van der Waals surface area contributed by atoms with Gasteiger partial charge in [-0.15, -0.1) is 0 Å². The highest BCUT2D eigenvalue weighted by molar-refractivity contribution is 4.93. The van der Waals surface area contributed by atoms with Gasteiger partial charge in [0.2, 0.25) is 0 Å². The number of rotatable bonds is 3. The topological polar surface area (TPSA) is 0 Å². The molecule has 0 rings (SSSR count). The Bertz CT molecular complexity index is 112. The van der Waals surface area contributed by atoms with Crippen molar-refractivity contribution in [1.82, 2.24) is 0 Å². The Morgan fingerprint density at radius 1 is 1.30 bits per heavy atom. The zero-order chi connectivity index (χ0) is 8.15. The summed E-state index contributed by atoms with van der Waals surface area (Å²) in [4.78, 5) is 0. The van der Waals surface area contributed by atoms with Crippen LogP contribution in [0.5, 0.6) is 0 Å². The number of hydrogen-bond donors (Lipinski definition) is 0. The van der Waals surface area contributed by atoms with Crippen LogP contribution in [0.4, 0.5) is 4.39 Å². The van der Waals surface area contributed by atoms with E-state index in [1.54, 1.807) is 6.08 Å². The van der Waals surface area contributed by atoms with E-state index in [0.29, 0.717) is 18.3 Å². The predicted molar refractivity (Wildman–Crippen MR) is 43.5 cm³/mol. The van der Waals surface area contributed by atoms with Crippen LogP contribution in [0.1, 0.15) is 34.1 Å². The van der Waals surface area contributed by atoms with E-state index in [4.69, 9.17) is 0 Å². The van der Waals surface area contributed by atoms with Crippen LogP contribution in [-0.2, 0) is 0 Å². The minimum absolute atomic E-state index is 0.0324. The molecule has 0 aliphatic heterocycles. The van der Waals surface area contributed by atoms with Crippen LogP contribution >= 0.6 is 0 Å². The maximum Gasteiger partial charge on any atom is 0.0964 e. The Morgan fingerprint density at radius 3 is 2.10 bits per heavy atom. The fourth-order valence-corrected chi connectivity index (χ4v) is 0.820. The second kappa shape index (κ2) is 4.48. The Kier molecular flexibility index (Phi) is 4.33. The number of allylic oxidation sites excluding steroid dienone is 2. The molecule has 60 valence electrons.